The van der Waals surface area contributed by atoms with E-state index in [1.54, 1.807) is 19.1 Å². The maximum absolute atomic E-state index is 12.4. The molecule has 0 heterocycles. The molecule has 1 amide bonds. The van der Waals surface area contributed by atoms with Gasteiger partial charge in [-0.1, -0.05) is 0 Å². The van der Waals surface area contributed by atoms with Crippen LogP contribution in [-0.4, -0.2) is 20.1 Å². The molecule has 4 heteroatoms. The van der Waals surface area contributed by atoms with E-state index in [4.69, 9.17) is 10.00 Å². The van der Waals surface area contributed by atoms with Crippen molar-refractivity contribution in [1.82, 2.24) is 0 Å². The van der Waals surface area contributed by atoms with Gasteiger partial charge < -0.3 is 9.64 Å². The van der Waals surface area contributed by atoms with E-state index in [9.17, 15) is 4.79 Å². The Balaban J connectivity index is 2.39. The lowest BCUT2D eigenvalue weighted by atomic mass is 10.0. The number of methoxy groups -OCH3 is 1. The molecule has 1 aliphatic carbocycles. The van der Waals surface area contributed by atoms with Crippen LogP contribution in [0.1, 0.15) is 24.0 Å². The Morgan fingerprint density at radius 2 is 1.95 bits per heavy atom. The number of carbonyl (C=O) groups is 1. The van der Waals surface area contributed by atoms with Gasteiger partial charge in [-0.25, -0.2) is 0 Å². The molecule has 19 heavy (non-hydrogen) atoms. The minimum Gasteiger partial charge on any atom is -0.495 e. The SMILES string of the molecule is COc1cc(C)c(C)cc1N(C)C(=O)C1(C#N)CC1. The number of anilines is 1. The van der Waals surface area contributed by atoms with Gasteiger partial charge >= 0.3 is 0 Å². The maximum Gasteiger partial charge on any atom is 0.247 e. The molecule has 0 aromatic heterocycles. The van der Waals surface area contributed by atoms with Gasteiger partial charge in [-0.15, -0.1) is 0 Å². The quantitative estimate of drug-likeness (QED) is 0.837. The zero-order chi connectivity index (χ0) is 14.2. The van der Waals surface area contributed by atoms with E-state index in [2.05, 4.69) is 6.07 Å². The van der Waals surface area contributed by atoms with Crippen LogP contribution >= 0.6 is 0 Å². The molecule has 1 aromatic carbocycles. The van der Waals surface area contributed by atoms with Crippen LogP contribution in [0.3, 0.4) is 0 Å². The number of benzene rings is 1. The van der Waals surface area contributed by atoms with Gasteiger partial charge in [0.15, 0.2) is 0 Å². The molecule has 0 unspecified atom stereocenters. The van der Waals surface area contributed by atoms with Crippen molar-refractivity contribution < 1.29 is 9.53 Å². The molecule has 1 saturated carbocycles. The number of nitriles is 1. The van der Waals surface area contributed by atoms with Crippen LogP contribution in [0, 0.1) is 30.6 Å². The summed E-state index contributed by atoms with van der Waals surface area (Å²) < 4.78 is 5.34. The van der Waals surface area contributed by atoms with Crippen LogP contribution in [0.15, 0.2) is 12.1 Å². The number of aryl methyl sites for hydroxylation is 2. The van der Waals surface area contributed by atoms with Crippen LogP contribution in [0.25, 0.3) is 0 Å². The summed E-state index contributed by atoms with van der Waals surface area (Å²) in [6.07, 6.45) is 1.31. The number of hydrogen-bond donors (Lipinski definition) is 0. The average Bonchev–Trinajstić information content (AvgIpc) is 3.20. The summed E-state index contributed by atoms with van der Waals surface area (Å²) in [6, 6.07) is 5.98. The van der Waals surface area contributed by atoms with E-state index in [0.29, 0.717) is 18.6 Å². The molecule has 0 saturated heterocycles. The maximum atomic E-state index is 12.4. The Bertz CT molecular complexity index is 568. The highest BCUT2D eigenvalue weighted by Gasteiger charge is 2.52. The van der Waals surface area contributed by atoms with Gasteiger partial charge in [-0.05, 0) is 49.9 Å². The fraction of sp³-hybridized carbons (Fsp3) is 0.467. The van der Waals surface area contributed by atoms with Crippen molar-refractivity contribution in [2.24, 2.45) is 5.41 Å². The zero-order valence-electron chi connectivity index (χ0n) is 11.8. The summed E-state index contributed by atoms with van der Waals surface area (Å²) in [5.41, 5.74) is 2.12. The minimum atomic E-state index is -0.807. The second-order valence-corrected chi connectivity index (χ2v) is 5.17. The van der Waals surface area contributed by atoms with Crippen LogP contribution in [0.5, 0.6) is 5.75 Å². The van der Waals surface area contributed by atoms with Crippen molar-refractivity contribution >= 4 is 11.6 Å². The minimum absolute atomic E-state index is 0.142. The smallest absolute Gasteiger partial charge is 0.247 e. The molecule has 100 valence electrons. The van der Waals surface area contributed by atoms with Gasteiger partial charge in [0.2, 0.25) is 5.91 Å². The first-order chi connectivity index (χ1) is 8.95. The third-order valence-corrected chi connectivity index (χ3v) is 3.83. The Hall–Kier alpha value is -2.02. The van der Waals surface area contributed by atoms with Crippen molar-refractivity contribution in [3.63, 3.8) is 0 Å². The highest BCUT2D eigenvalue weighted by Crippen LogP contribution is 2.47. The lowest BCUT2D eigenvalue weighted by Crippen LogP contribution is -2.33. The molecule has 4 nitrogen and oxygen atoms in total. The Labute approximate surface area is 113 Å². The lowest BCUT2D eigenvalue weighted by Gasteiger charge is -2.23. The van der Waals surface area contributed by atoms with Gasteiger partial charge in [-0.3, -0.25) is 4.79 Å². The molecule has 1 aliphatic rings. The molecule has 0 radical (unpaired) electrons. The second-order valence-electron chi connectivity index (χ2n) is 5.17. The molecule has 0 bridgehead atoms. The molecule has 0 spiro atoms. The summed E-state index contributed by atoms with van der Waals surface area (Å²) in [4.78, 5) is 13.9. The molecule has 1 fully saturated rings. The summed E-state index contributed by atoms with van der Waals surface area (Å²) in [5, 5.41) is 9.12. The van der Waals surface area contributed by atoms with Gasteiger partial charge in [0.25, 0.3) is 0 Å². The number of carbonyl (C=O) groups excluding carboxylic acids is 1. The van der Waals surface area contributed by atoms with Crippen LogP contribution in [0.4, 0.5) is 5.69 Å². The standard InChI is InChI=1S/C15H18N2O2/c1-10-7-12(13(19-4)8-11(10)2)17(3)14(18)15(9-16)5-6-15/h7-8H,5-6H2,1-4H3. The van der Waals surface area contributed by atoms with Gasteiger partial charge in [0, 0.05) is 7.05 Å². The summed E-state index contributed by atoms with van der Waals surface area (Å²) in [7, 11) is 3.29. The van der Waals surface area contributed by atoms with Crippen molar-refractivity contribution in [2.45, 2.75) is 26.7 Å². The first-order valence-corrected chi connectivity index (χ1v) is 6.30. The van der Waals surface area contributed by atoms with E-state index in [-0.39, 0.29) is 5.91 Å². The molecular formula is C15H18N2O2. The number of rotatable bonds is 3. The predicted molar refractivity (Wildman–Crippen MR) is 73.2 cm³/mol. The fourth-order valence-corrected chi connectivity index (χ4v) is 2.13. The summed E-state index contributed by atoms with van der Waals surface area (Å²) >= 11 is 0. The molecule has 1 aromatic rings. The van der Waals surface area contributed by atoms with Gasteiger partial charge in [-0.2, -0.15) is 5.26 Å². The Morgan fingerprint density at radius 3 is 2.42 bits per heavy atom. The first-order valence-electron chi connectivity index (χ1n) is 6.30. The van der Waals surface area contributed by atoms with E-state index >= 15 is 0 Å². The zero-order valence-corrected chi connectivity index (χ0v) is 11.8. The Morgan fingerprint density at radius 1 is 1.37 bits per heavy atom. The molecule has 0 aliphatic heterocycles. The number of ether oxygens (including phenoxy) is 1. The van der Waals surface area contributed by atoms with Crippen LogP contribution in [-0.2, 0) is 4.79 Å². The number of hydrogen-bond acceptors (Lipinski definition) is 3. The van der Waals surface area contributed by atoms with E-state index in [1.165, 1.54) is 0 Å². The number of amides is 1. The number of nitrogens with zero attached hydrogens (tertiary/aromatic N) is 2. The Kier molecular flexibility index (Phi) is 3.23. The predicted octanol–water partition coefficient (Wildman–Crippen LogP) is 2.58. The topological polar surface area (TPSA) is 53.3 Å². The third-order valence-electron chi connectivity index (χ3n) is 3.83. The highest BCUT2D eigenvalue weighted by atomic mass is 16.5. The average molecular weight is 258 g/mol. The lowest BCUT2D eigenvalue weighted by molar-refractivity contribution is -0.121. The summed E-state index contributed by atoms with van der Waals surface area (Å²) in [6.45, 7) is 3.99. The van der Waals surface area contributed by atoms with Crippen LogP contribution in [0.2, 0.25) is 0 Å². The van der Waals surface area contributed by atoms with Crippen molar-refractivity contribution in [3.8, 4) is 11.8 Å². The first kappa shape index (κ1) is 13.4. The fourth-order valence-electron chi connectivity index (χ4n) is 2.13. The van der Waals surface area contributed by atoms with E-state index < -0.39 is 5.41 Å². The largest absolute Gasteiger partial charge is 0.495 e. The molecule has 2 rings (SSSR count). The monoisotopic (exact) mass is 258 g/mol. The van der Waals surface area contributed by atoms with Crippen LogP contribution < -0.4 is 9.64 Å². The van der Waals surface area contributed by atoms with Crippen molar-refractivity contribution in [2.75, 3.05) is 19.1 Å². The van der Waals surface area contributed by atoms with Crippen molar-refractivity contribution in [3.05, 3.63) is 23.3 Å². The second kappa shape index (κ2) is 4.58. The third kappa shape index (κ3) is 2.17. The highest BCUT2D eigenvalue weighted by molar-refractivity contribution is 6.01. The van der Waals surface area contributed by atoms with Gasteiger partial charge in [0.05, 0.1) is 18.9 Å². The summed E-state index contributed by atoms with van der Waals surface area (Å²) in [5.74, 6) is 0.518. The van der Waals surface area contributed by atoms with Gasteiger partial charge in [0.1, 0.15) is 11.2 Å². The van der Waals surface area contributed by atoms with E-state index in [1.807, 2.05) is 26.0 Å². The molecule has 0 N–H and O–H groups in total. The van der Waals surface area contributed by atoms with Crippen molar-refractivity contribution in [1.29, 1.82) is 5.26 Å². The molecular weight excluding hydrogens is 240 g/mol. The molecule has 0 atom stereocenters. The van der Waals surface area contributed by atoms with E-state index in [0.717, 1.165) is 16.8 Å². The normalized spacial score (nSPS) is 15.5.